The summed E-state index contributed by atoms with van der Waals surface area (Å²) in [6, 6.07) is 9.51. The first kappa shape index (κ1) is 15.4. The zero-order valence-electron chi connectivity index (χ0n) is 13.3. The lowest BCUT2D eigenvalue weighted by atomic mass is 10.0. The molecular weight excluding hydrogens is 312 g/mol. The zero-order valence-corrected chi connectivity index (χ0v) is 13.3. The average molecular weight is 331 g/mol. The molecule has 0 unspecified atom stereocenters. The van der Waals surface area contributed by atoms with Crippen molar-refractivity contribution in [2.24, 2.45) is 0 Å². The molecule has 0 amide bonds. The van der Waals surface area contributed by atoms with Gasteiger partial charge in [-0.05, 0) is 55.3 Å². The molecule has 24 heavy (non-hydrogen) atoms. The van der Waals surface area contributed by atoms with E-state index in [0.717, 1.165) is 36.4 Å². The Morgan fingerprint density at radius 2 is 1.83 bits per heavy atom. The third-order valence-corrected chi connectivity index (χ3v) is 4.67. The summed E-state index contributed by atoms with van der Waals surface area (Å²) in [4.78, 5) is 2.20. The molecule has 1 saturated heterocycles. The van der Waals surface area contributed by atoms with Crippen LogP contribution < -0.4 is 9.47 Å². The van der Waals surface area contributed by atoms with Crippen LogP contribution in [-0.4, -0.2) is 24.7 Å². The number of halogens is 2. The number of nitrogens with zero attached hydrogens (tertiary/aromatic N) is 1. The second kappa shape index (κ2) is 6.40. The van der Waals surface area contributed by atoms with Crippen LogP contribution in [0.25, 0.3) is 0 Å². The molecular formula is C19H19F2NO2. The first-order valence-electron chi connectivity index (χ1n) is 8.28. The van der Waals surface area contributed by atoms with E-state index < -0.39 is 5.82 Å². The molecule has 0 aliphatic carbocycles. The Labute approximate surface area is 139 Å². The van der Waals surface area contributed by atoms with Crippen LogP contribution in [-0.2, 0) is 6.54 Å². The fourth-order valence-electron chi connectivity index (χ4n) is 3.56. The Hall–Kier alpha value is -2.14. The second-order valence-corrected chi connectivity index (χ2v) is 6.27. The van der Waals surface area contributed by atoms with Crippen molar-refractivity contribution < 1.29 is 18.3 Å². The van der Waals surface area contributed by atoms with Crippen molar-refractivity contribution in [1.29, 1.82) is 0 Å². The SMILES string of the molecule is Fc1ccc(F)c([C@H]2CCCN2Cc2ccc3c(c2)OCCO3)c1. The summed E-state index contributed by atoms with van der Waals surface area (Å²) in [6.07, 6.45) is 1.82. The number of hydrogen-bond donors (Lipinski definition) is 0. The number of hydrogen-bond acceptors (Lipinski definition) is 3. The van der Waals surface area contributed by atoms with E-state index in [1.165, 1.54) is 18.2 Å². The molecule has 2 aromatic rings. The van der Waals surface area contributed by atoms with E-state index >= 15 is 0 Å². The second-order valence-electron chi connectivity index (χ2n) is 6.27. The number of benzene rings is 2. The minimum Gasteiger partial charge on any atom is -0.486 e. The molecule has 0 bridgehead atoms. The van der Waals surface area contributed by atoms with E-state index in [0.29, 0.717) is 25.3 Å². The van der Waals surface area contributed by atoms with Gasteiger partial charge in [0.1, 0.15) is 24.8 Å². The summed E-state index contributed by atoms with van der Waals surface area (Å²) in [5, 5.41) is 0. The van der Waals surface area contributed by atoms with Crippen LogP contribution in [0.3, 0.4) is 0 Å². The van der Waals surface area contributed by atoms with E-state index in [9.17, 15) is 8.78 Å². The molecule has 1 atom stereocenters. The Kier molecular flexibility index (Phi) is 4.10. The maximum Gasteiger partial charge on any atom is 0.161 e. The van der Waals surface area contributed by atoms with Gasteiger partial charge in [-0.25, -0.2) is 8.78 Å². The number of fused-ring (bicyclic) bond motifs is 1. The quantitative estimate of drug-likeness (QED) is 0.846. The first-order chi connectivity index (χ1) is 11.7. The topological polar surface area (TPSA) is 21.7 Å². The van der Waals surface area contributed by atoms with Crippen LogP contribution in [0.1, 0.15) is 30.0 Å². The van der Waals surface area contributed by atoms with Gasteiger partial charge in [0.2, 0.25) is 0 Å². The molecule has 3 nitrogen and oxygen atoms in total. The van der Waals surface area contributed by atoms with Gasteiger partial charge in [0.15, 0.2) is 11.5 Å². The average Bonchev–Trinajstić information content (AvgIpc) is 3.05. The molecule has 0 spiro atoms. The number of rotatable bonds is 3. The molecule has 2 heterocycles. The number of likely N-dealkylation sites (tertiary alicyclic amines) is 1. The van der Waals surface area contributed by atoms with Crippen LogP contribution >= 0.6 is 0 Å². The molecule has 0 aromatic heterocycles. The lowest BCUT2D eigenvalue weighted by Crippen LogP contribution is -2.24. The Balaban J connectivity index is 1.56. The zero-order chi connectivity index (χ0) is 16.5. The summed E-state index contributed by atoms with van der Waals surface area (Å²) in [6.45, 7) is 2.67. The largest absolute Gasteiger partial charge is 0.486 e. The van der Waals surface area contributed by atoms with E-state index in [1.54, 1.807) is 0 Å². The summed E-state index contributed by atoms with van der Waals surface area (Å²) in [5.74, 6) is 0.790. The molecule has 0 saturated carbocycles. The van der Waals surface area contributed by atoms with Gasteiger partial charge >= 0.3 is 0 Å². The highest BCUT2D eigenvalue weighted by atomic mass is 19.1. The maximum atomic E-state index is 14.1. The molecule has 0 radical (unpaired) electrons. The highest BCUT2D eigenvalue weighted by Gasteiger charge is 2.28. The van der Waals surface area contributed by atoms with Gasteiger partial charge in [-0.3, -0.25) is 4.90 Å². The lowest BCUT2D eigenvalue weighted by molar-refractivity contribution is 0.171. The van der Waals surface area contributed by atoms with Gasteiger partial charge < -0.3 is 9.47 Å². The van der Waals surface area contributed by atoms with E-state index in [2.05, 4.69) is 4.90 Å². The van der Waals surface area contributed by atoms with Crippen LogP contribution in [0.4, 0.5) is 8.78 Å². The lowest BCUT2D eigenvalue weighted by Gasteiger charge is -2.26. The number of ether oxygens (including phenoxy) is 2. The molecule has 2 aromatic carbocycles. The standard InChI is InChI=1S/C19H19F2NO2/c20-14-4-5-16(21)15(11-14)17-2-1-7-22(17)12-13-3-6-18-19(10-13)24-9-8-23-18/h3-6,10-11,17H,1-2,7-9,12H2/t17-/m1/s1. The van der Waals surface area contributed by atoms with Gasteiger partial charge in [0.25, 0.3) is 0 Å². The summed E-state index contributed by atoms with van der Waals surface area (Å²) in [5.41, 5.74) is 1.54. The van der Waals surface area contributed by atoms with Gasteiger partial charge in [-0.2, -0.15) is 0 Å². The molecule has 2 aliphatic heterocycles. The monoisotopic (exact) mass is 331 g/mol. The highest BCUT2D eigenvalue weighted by Crippen LogP contribution is 2.36. The van der Waals surface area contributed by atoms with Gasteiger partial charge in [-0.15, -0.1) is 0 Å². The van der Waals surface area contributed by atoms with Crippen LogP contribution in [0.2, 0.25) is 0 Å². The molecule has 2 aliphatic rings. The van der Waals surface area contributed by atoms with Crippen molar-refractivity contribution in [3.8, 4) is 11.5 Å². The first-order valence-corrected chi connectivity index (χ1v) is 8.28. The van der Waals surface area contributed by atoms with Crippen molar-refractivity contribution in [3.05, 3.63) is 59.2 Å². The van der Waals surface area contributed by atoms with Crippen LogP contribution in [0.15, 0.2) is 36.4 Å². The van der Waals surface area contributed by atoms with Crippen LogP contribution in [0.5, 0.6) is 11.5 Å². The third kappa shape index (κ3) is 2.96. The Morgan fingerprint density at radius 3 is 2.71 bits per heavy atom. The van der Waals surface area contributed by atoms with Gasteiger partial charge in [-0.1, -0.05) is 6.07 Å². The Bertz CT molecular complexity index is 750. The fraction of sp³-hybridized carbons (Fsp3) is 0.368. The summed E-state index contributed by atoms with van der Waals surface area (Å²) >= 11 is 0. The highest BCUT2D eigenvalue weighted by molar-refractivity contribution is 5.43. The normalized spacial score (nSPS) is 20.3. The third-order valence-electron chi connectivity index (χ3n) is 4.67. The maximum absolute atomic E-state index is 14.1. The minimum atomic E-state index is -0.391. The molecule has 1 fully saturated rings. The van der Waals surface area contributed by atoms with Crippen LogP contribution in [0, 0.1) is 11.6 Å². The summed E-state index contributed by atoms with van der Waals surface area (Å²) in [7, 11) is 0. The predicted octanol–water partition coefficient (Wildman–Crippen LogP) is 4.07. The molecule has 5 heteroatoms. The predicted molar refractivity (Wildman–Crippen MR) is 86.2 cm³/mol. The summed E-state index contributed by atoms with van der Waals surface area (Å²) < 4.78 is 38.8. The fourth-order valence-corrected chi connectivity index (χ4v) is 3.56. The molecule has 4 rings (SSSR count). The molecule has 126 valence electrons. The van der Waals surface area contributed by atoms with Crippen molar-refractivity contribution in [2.75, 3.05) is 19.8 Å². The Morgan fingerprint density at radius 1 is 1.00 bits per heavy atom. The van der Waals surface area contributed by atoms with E-state index in [-0.39, 0.29) is 11.9 Å². The smallest absolute Gasteiger partial charge is 0.161 e. The van der Waals surface area contributed by atoms with Crippen molar-refractivity contribution >= 4 is 0 Å². The van der Waals surface area contributed by atoms with Gasteiger partial charge in [0.05, 0.1) is 0 Å². The van der Waals surface area contributed by atoms with E-state index in [4.69, 9.17) is 9.47 Å². The minimum absolute atomic E-state index is 0.0890. The van der Waals surface area contributed by atoms with Gasteiger partial charge in [0, 0.05) is 18.2 Å². The van der Waals surface area contributed by atoms with Crippen molar-refractivity contribution in [2.45, 2.75) is 25.4 Å². The van der Waals surface area contributed by atoms with Crippen molar-refractivity contribution in [1.82, 2.24) is 4.90 Å². The van der Waals surface area contributed by atoms with Crippen molar-refractivity contribution in [3.63, 3.8) is 0 Å². The molecule has 0 N–H and O–H groups in total. The van der Waals surface area contributed by atoms with E-state index in [1.807, 2.05) is 18.2 Å².